The van der Waals surface area contributed by atoms with Gasteiger partial charge in [-0.2, -0.15) is 27.1 Å². The van der Waals surface area contributed by atoms with Crippen LogP contribution in [0, 0.1) is 5.82 Å². The lowest BCUT2D eigenvalue weighted by Crippen LogP contribution is -2.32. The maximum absolute atomic E-state index is 14.8. The van der Waals surface area contributed by atoms with Crippen LogP contribution in [0.25, 0.3) is 22.3 Å². The van der Waals surface area contributed by atoms with E-state index >= 15 is 0 Å². The van der Waals surface area contributed by atoms with Crippen LogP contribution in [0.3, 0.4) is 0 Å². The molecule has 17 heteroatoms. The molecule has 4 aromatic rings. The van der Waals surface area contributed by atoms with E-state index in [1.807, 2.05) is 0 Å². The second kappa shape index (κ2) is 12.0. The summed E-state index contributed by atoms with van der Waals surface area (Å²) in [4.78, 5) is 36.7. The summed E-state index contributed by atoms with van der Waals surface area (Å²) in [5, 5.41) is 7.57. The highest BCUT2D eigenvalue weighted by molar-refractivity contribution is 6.30. The van der Waals surface area contributed by atoms with Gasteiger partial charge < -0.3 is 10.1 Å². The van der Waals surface area contributed by atoms with Gasteiger partial charge in [0.15, 0.2) is 5.82 Å². The van der Waals surface area contributed by atoms with Crippen LogP contribution in [0.1, 0.15) is 18.4 Å². The van der Waals surface area contributed by atoms with Gasteiger partial charge in [0.1, 0.15) is 11.4 Å². The van der Waals surface area contributed by atoms with E-state index in [-0.39, 0.29) is 46.7 Å². The molecule has 1 unspecified atom stereocenters. The molecule has 0 aliphatic carbocycles. The predicted octanol–water partition coefficient (Wildman–Crippen LogP) is 4.25. The second-order valence-electron chi connectivity index (χ2n) is 8.38. The molecule has 0 saturated carbocycles. The van der Waals surface area contributed by atoms with Gasteiger partial charge in [-0.25, -0.2) is 24.4 Å². The number of nitrogens with zero attached hydrogens (tertiary/aromatic N) is 5. The molecule has 40 heavy (non-hydrogen) atoms. The normalized spacial score (nSPS) is 12.7. The van der Waals surface area contributed by atoms with Gasteiger partial charge in [0.05, 0.1) is 46.3 Å². The molecule has 0 saturated heterocycles. The van der Waals surface area contributed by atoms with Crippen LogP contribution in [0.5, 0.6) is 0 Å². The number of ether oxygens (including phenoxy) is 1. The van der Waals surface area contributed by atoms with Crippen molar-refractivity contribution in [2.24, 2.45) is 0 Å². The fraction of sp³-hybridized carbons (Fsp3) is 0.304. The molecule has 1 aromatic carbocycles. The summed E-state index contributed by atoms with van der Waals surface area (Å²) in [5.74, 6) is -0.754. The van der Waals surface area contributed by atoms with E-state index in [2.05, 4.69) is 30.1 Å². The van der Waals surface area contributed by atoms with Crippen molar-refractivity contribution in [3.05, 3.63) is 74.2 Å². The smallest absolute Gasteiger partial charge is 0.378 e. The number of alkyl halides is 5. The zero-order valence-electron chi connectivity index (χ0n) is 20.1. The average molecular weight is 590 g/mol. The van der Waals surface area contributed by atoms with E-state index in [1.165, 1.54) is 24.8 Å². The maximum atomic E-state index is 14.8. The van der Waals surface area contributed by atoms with Crippen molar-refractivity contribution in [1.29, 1.82) is 0 Å². The van der Waals surface area contributed by atoms with Crippen LogP contribution < -0.4 is 16.4 Å². The lowest BCUT2D eigenvalue weighted by atomic mass is 10.1. The van der Waals surface area contributed by atoms with E-state index in [1.54, 1.807) is 5.10 Å². The number of hydrogen-bond acceptors (Lipinski definition) is 8. The van der Waals surface area contributed by atoms with Crippen molar-refractivity contribution >= 4 is 28.2 Å². The van der Waals surface area contributed by atoms with E-state index in [9.17, 15) is 35.9 Å². The molecule has 0 aliphatic rings. The third kappa shape index (κ3) is 6.74. The molecule has 10 nitrogen and oxygen atoms in total. The molecule has 0 amide bonds. The first-order valence-electron chi connectivity index (χ1n) is 11.4. The zero-order chi connectivity index (χ0) is 29.0. The van der Waals surface area contributed by atoms with Crippen molar-refractivity contribution in [3.63, 3.8) is 0 Å². The molecule has 0 bridgehead atoms. The predicted molar refractivity (Wildman–Crippen MR) is 130 cm³/mol. The summed E-state index contributed by atoms with van der Waals surface area (Å²) in [7, 11) is 0. The molecule has 0 fully saturated rings. The summed E-state index contributed by atoms with van der Waals surface area (Å²) in [6.07, 6.45) is -0.582. The second-order valence-corrected chi connectivity index (χ2v) is 8.82. The lowest BCUT2D eigenvalue weighted by Gasteiger charge is -2.22. The number of H-pyrrole nitrogens is 1. The van der Waals surface area contributed by atoms with Gasteiger partial charge in [-0.3, -0.25) is 14.2 Å². The number of nitrogens with one attached hydrogen (secondary N) is 2. The number of aromatic nitrogens is 6. The van der Waals surface area contributed by atoms with E-state index in [0.717, 1.165) is 10.6 Å². The molecule has 3 aromatic heterocycles. The van der Waals surface area contributed by atoms with Crippen molar-refractivity contribution in [1.82, 2.24) is 29.7 Å². The van der Waals surface area contributed by atoms with Gasteiger partial charge >= 0.3 is 12.8 Å². The molecule has 0 radical (unpaired) electrons. The molecule has 1 atom stereocenters. The first kappa shape index (κ1) is 28.9. The van der Waals surface area contributed by atoms with Crippen LogP contribution in [-0.4, -0.2) is 49.0 Å². The molecule has 0 spiro atoms. The number of fused-ring (bicyclic) bond motifs is 1. The fourth-order valence-electron chi connectivity index (χ4n) is 3.86. The van der Waals surface area contributed by atoms with Crippen LogP contribution >= 0.6 is 11.6 Å². The zero-order valence-corrected chi connectivity index (χ0v) is 20.8. The third-order valence-corrected chi connectivity index (χ3v) is 5.84. The Kier molecular flexibility index (Phi) is 8.68. The number of aryl methyl sites for hydroxylation is 1. The SMILES string of the molecule is O=c1[nH]ncc(NC(CCCn2cnc3cc(-c4ncc(Cl)cn4)c(F)cc3c2=O)COC(F)F)c1C(F)(F)F. The van der Waals surface area contributed by atoms with Crippen molar-refractivity contribution in [2.75, 3.05) is 11.9 Å². The van der Waals surface area contributed by atoms with Gasteiger partial charge in [-0.15, -0.1) is 0 Å². The first-order chi connectivity index (χ1) is 18.9. The van der Waals surface area contributed by atoms with Gasteiger partial charge in [-0.05, 0) is 25.0 Å². The lowest BCUT2D eigenvalue weighted by molar-refractivity contribution is -0.138. The summed E-state index contributed by atoms with van der Waals surface area (Å²) in [6.45, 7) is -3.96. The third-order valence-electron chi connectivity index (χ3n) is 5.65. The van der Waals surface area contributed by atoms with Crippen LogP contribution in [-0.2, 0) is 17.5 Å². The number of anilines is 1. The molecule has 2 N–H and O–H groups in total. The van der Waals surface area contributed by atoms with Crippen molar-refractivity contribution in [3.8, 4) is 11.4 Å². The Morgan fingerprint density at radius 2 is 1.82 bits per heavy atom. The molecular weight excluding hydrogens is 572 g/mol. The monoisotopic (exact) mass is 589 g/mol. The first-order valence-corrected chi connectivity index (χ1v) is 11.8. The van der Waals surface area contributed by atoms with Gasteiger partial charge in [0.2, 0.25) is 0 Å². The highest BCUT2D eigenvalue weighted by Crippen LogP contribution is 2.32. The Morgan fingerprint density at radius 3 is 2.50 bits per heavy atom. The Bertz CT molecular complexity index is 1610. The van der Waals surface area contributed by atoms with Crippen LogP contribution in [0.15, 0.2) is 46.6 Å². The molecule has 0 aliphatic heterocycles. The quantitative estimate of drug-likeness (QED) is 0.263. The van der Waals surface area contributed by atoms with Crippen LogP contribution in [0.4, 0.5) is 32.0 Å². The van der Waals surface area contributed by atoms with Crippen LogP contribution in [0.2, 0.25) is 5.02 Å². The van der Waals surface area contributed by atoms with E-state index in [4.69, 9.17) is 11.6 Å². The topological polar surface area (TPSA) is 128 Å². The summed E-state index contributed by atoms with van der Waals surface area (Å²) in [5.41, 5.74) is -4.28. The number of aromatic amines is 1. The number of rotatable bonds is 10. The molecule has 212 valence electrons. The minimum absolute atomic E-state index is 0.00534. The number of hydrogen-bond donors (Lipinski definition) is 2. The number of benzene rings is 1. The summed E-state index contributed by atoms with van der Waals surface area (Å²) in [6, 6.07) is 1.16. The Morgan fingerprint density at radius 1 is 1.10 bits per heavy atom. The highest BCUT2D eigenvalue weighted by Gasteiger charge is 2.37. The molecule has 3 heterocycles. The van der Waals surface area contributed by atoms with Crippen molar-refractivity contribution < 1.29 is 31.1 Å². The van der Waals surface area contributed by atoms with E-state index in [0.29, 0.717) is 6.20 Å². The van der Waals surface area contributed by atoms with Crippen molar-refractivity contribution in [2.45, 2.75) is 38.2 Å². The van der Waals surface area contributed by atoms with Gasteiger partial charge in [0, 0.05) is 25.0 Å². The largest absolute Gasteiger partial charge is 0.423 e. The average Bonchev–Trinajstić information content (AvgIpc) is 2.88. The van der Waals surface area contributed by atoms with Gasteiger partial charge in [-0.1, -0.05) is 11.6 Å². The molecular formula is C23H18ClF6N7O3. The number of halogens is 7. The summed E-state index contributed by atoms with van der Waals surface area (Å²) >= 11 is 5.76. The summed E-state index contributed by atoms with van der Waals surface area (Å²) < 4.78 is 85.6. The minimum atomic E-state index is -5.05. The Balaban J connectivity index is 1.52. The standard InChI is InChI=1S/C23H18ClF6N7O3/c24-11-6-31-19(32-7-11)13-5-16-14(4-15(13)25)21(39)37(10-33-16)3-1-2-12(9-40-22(26)27)35-17-8-34-36-20(38)18(17)23(28,29)30/h4-8,10,12,22H,1-3,9H2,(H2,35,36,38). The minimum Gasteiger partial charge on any atom is -0.378 e. The Labute approximate surface area is 225 Å². The maximum Gasteiger partial charge on any atom is 0.423 e. The Hall–Kier alpha value is -4.05. The van der Waals surface area contributed by atoms with E-state index < -0.39 is 53.6 Å². The highest BCUT2D eigenvalue weighted by atomic mass is 35.5. The molecule has 4 rings (SSSR count). The van der Waals surface area contributed by atoms with Gasteiger partial charge in [0.25, 0.3) is 11.1 Å². The fourth-order valence-corrected chi connectivity index (χ4v) is 3.96.